The molecule has 0 aliphatic carbocycles. The fourth-order valence-electron chi connectivity index (χ4n) is 1.78. The minimum absolute atomic E-state index is 0.108. The van der Waals surface area contributed by atoms with Crippen LogP contribution < -0.4 is 5.56 Å². The van der Waals surface area contributed by atoms with Crippen molar-refractivity contribution in [3.63, 3.8) is 0 Å². The maximum Gasteiger partial charge on any atom is 0.276 e. The lowest BCUT2D eigenvalue weighted by Gasteiger charge is -2.15. The van der Waals surface area contributed by atoms with E-state index < -0.39 is 8.07 Å². The highest BCUT2D eigenvalue weighted by molar-refractivity contribution is 9.10. The van der Waals surface area contributed by atoms with E-state index in [1.54, 1.807) is 6.20 Å². The number of hydrogen-bond acceptors (Lipinski definition) is 3. The maximum atomic E-state index is 12.2. The molecule has 0 atom stereocenters. The first-order chi connectivity index (χ1) is 9.37. The van der Waals surface area contributed by atoms with E-state index in [2.05, 4.69) is 40.7 Å². The predicted octanol–water partition coefficient (Wildman–Crippen LogP) is 3.47. The van der Waals surface area contributed by atoms with Gasteiger partial charge in [0.2, 0.25) is 0 Å². The second kappa shape index (κ2) is 6.20. The molecule has 0 unspecified atom stereocenters. The Labute approximate surface area is 127 Å². The number of benzene rings is 1. The van der Waals surface area contributed by atoms with Crippen LogP contribution in [0.5, 0.6) is 0 Å². The van der Waals surface area contributed by atoms with Gasteiger partial charge in [-0.3, -0.25) is 4.79 Å². The number of ether oxygens (including phenoxy) is 1. The van der Waals surface area contributed by atoms with Crippen molar-refractivity contribution in [1.29, 1.82) is 0 Å². The summed E-state index contributed by atoms with van der Waals surface area (Å²) >= 11 is 3.39. The molecule has 4 nitrogen and oxygen atoms in total. The molecule has 0 saturated heterocycles. The van der Waals surface area contributed by atoms with E-state index >= 15 is 0 Å². The van der Waals surface area contributed by atoms with Crippen molar-refractivity contribution >= 4 is 34.8 Å². The van der Waals surface area contributed by atoms with Crippen LogP contribution in [-0.4, -0.2) is 24.5 Å². The number of halogens is 1. The third kappa shape index (κ3) is 4.00. The molecule has 0 N–H and O–H groups in total. The van der Waals surface area contributed by atoms with Gasteiger partial charge in [0.25, 0.3) is 5.56 Å². The smallest absolute Gasteiger partial charge is 0.276 e. The number of fused-ring (bicyclic) bond motifs is 1. The van der Waals surface area contributed by atoms with E-state index in [-0.39, 0.29) is 12.3 Å². The average molecular weight is 355 g/mol. The lowest BCUT2D eigenvalue weighted by atomic mass is 10.2. The van der Waals surface area contributed by atoms with Gasteiger partial charge < -0.3 is 4.74 Å². The highest BCUT2D eigenvalue weighted by Gasteiger charge is 2.12. The minimum Gasteiger partial charge on any atom is -0.359 e. The first-order valence-electron chi connectivity index (χ1n) is 6.60. The van der Waals surface area contributed by atoms with Crippen molar-refractivity contribution in [2.45, 2.75) is 32.4 Å². The summed E-state index contributed by atoms with van der Waals surface area (Å²) in [7, 11) is -1.10. The Morgan fingerprint density at radius 2 is 2.10 bits per heavy atom. The monoisotopic (exact) mass is 354 g/mol. The number of nitrogens with zero attached hydrogens (tertiary/aromatic N) is 2. The quantitative estimate of drug-likeness (QED) is 0.609. The number of hydrogen-bond donors (Lipinski definition) is 0. The molecule has 2 aromatic rings. The van der Waals surface area contributed by atoms with Gasteiger partial charge >= 0.3 is 0 Å². The Balaban J connectivity index is 2.10. The molecule has 6 heteroatoms. The van der Waals surface area contributed by atoms with Crippen LogP contribution in [-0.2, 0) is 11.5 Å². The highest BCUT2D eigenvalue weighted by Crippen LogP contribution is 2.16. The van der Waals surface area contributed by atoms with Gasteiger partial charge in [-0.2, -0.15) is 5.10 Å². The first kappa shape index (κ1) is 15.4. The van der Waals surface area contributed by atoms with Crippen molar-refractivity contribution in [3.05, 3.63) is 39.2 Å². The van der Waals surface area contributed by atoms with Crippen LogP contribution in [0.25, 0.3) is 10.8 Å². The van der Waals surface area contributed by atoms with Gasteiger partial charge in [-0.05, 0) is 24.2 Å². The summed E-state index contributed by atoms with van der Waals surface area (Å²) < 4.78 is 7.89. The Morgan fingerprint density at radius 3 is 2.80 bits per heavy atom. The molecule has 0 fully saturated rings. The molecule has 0 aliphatic rings. The summed E-state index contributed by atoms with van der Waals surface area (Å²) in [5.41, 5.74) is -0.108. The van der Waals surface area contributed by atoms with E-state index in [1.165, 1.54) is 4.68 Å². The minimum atomic E-state index is -1.10. The molecule has 0 bridgehead atoms. The van der Waals surface area contributed by atoms with E-state index in [9.17, 15) is 4.79 Å². The standard InChI is InChI=1S/C14H19BrN2O2Si/c1-20(2,3)7-6-19-10-17-14(18)13-5-4-12(15)8-11(13)9-16-17/h4-5,8-9H,6-7,10H2,1-3H3. The molecule has 20 heavy (non-hydrogen) atoms. The van der Waals surface area contributed by atoms with Gasteiger partial charge in [-0.15, -0.1) is 0 Å². The normalized spacial score (nSPS) is 12.0. The maximum absolute atomic E-state index is 12.2. The molecule has 0 amide bonds. The van der Waals surface area contributed by atoms with Crippen molar-refractivity contribution in [2.24, 2.45) is 0 Å². The molecule has 108 valence electrons. The lowest BCUT2D eigenvalue weighted by Crippen LogP contribution is -2.26. The van der Waals surface area contributed by atoms with Gasteiger partial charge in [0.15, 0.2) is 0 Å². The molecule has 0 spiro atoms. The summed E-state index contributed by atoms with van der Waals surface area (Å²) in [4.78, 5) is 12.2. The second-order valence-electron chi connectivity index (χ2n) is 6.03. The van der Waals surface area contributed by atoms with Crippen LogP contribution in [0.3, 0.4) is 0 Å². The van der Waals surface area contributed by atoms with Gasteiger partial charge in [0, 0.05) is 24.5 Å². The van der Waals surface area contributed by atoms with E-state index in [0.717, 1.165) is 15.9 Å². The fraction of sp³-hybridized carbons (Fsp3) is 0.429. The Kier molecular flexibility index (Phi) is 4.77. The highest BCUT2D eigenvalue weighted by atomic mass is 79.9. The summed E-state index contributed by atoms with van der Waals surface area (Å²) in [5, 5.41) is 5.65. The first-order valence-corrected chi connectivity index (χ1v) is 11.1. The zero-order valence-electron chi connectivity index (χ0n) is 12.0. The van der Waals surface area contributed by atoms with Gasteiger partial charge in [-0.1, -0.05) is 35.6 Å². The van der Waals surface area contributed by atoms with Crippen molar-refractivity contribution in [2.75, 3.05) is 6.61 Å². The third-order valence-electron chi connectivity index (χ3n) is 3.02. The number of rotatable bonds is 5. The van der Waals surface area contributed by atoms with Crippen molar-refractivity contribution in [3.8, 4) is 0 Å². The largest absolute Gasteiger partial charge is 0.359 e. The van der Waals surface area contributed by atoms with Crippen LogP contribution in [0, 0.1) is 0 Å². The molecule has 1 aromatic heterocycles. The summed E-state index contributed by atoms with van der Waals surface area (Å²) in [6.07, 6.45) is 1.70. The Morgan fingerprint density at radius 1 is 1.35 bits per heavy atom. The van der Waals surface area contributed by atoms with Crippen LogP contribution >= 0.6 is 15.9 Å². The zero-order valence-corrected chi connectivity index (χ0v) is 14.6. The van der Waals surface area contributed by atoms with Gasteiger partial charge in [0.05, 0.1) is 11.6 Å². The van der Waals surface area contributed by atoms with Crippen LogP contribution in [0.4, 0.5) is 0 Å². The Bertz CT molecular complexity index is 664. The van der Waals surface area contributed by atoms with E-state index in [1.807, 2.05) is 18.2 Å². The molecule has 0 saturated carbocycles. The average Bonchev–Trinajstić information content (AvgIpc) is 2.35. The molecule has 0 aliphatic heterocycles. The number of aromatic nitrogens is 2. The van der Waals surface area contributed by atoms with E-state index in [0.29, 0.717) is 12.0 Å². The van der Waals surface area contributed by atoms with Gasteiger partial charge in [0.1, 0.15) is 6.73 Å². The van der Waals surface area contributed by atoms with Crippen molar-refractivity contribution in [1.82, 2.24) is 9.78 Å². The molecule has 2 rings (SSSR count). The van der Waals surface area contributed by atoms with Crippen LogP contribution in [0.2, 0.25) is 25.7 Å². The van der Waals surface area contributed by atoms with Gasteiger partial charge in [-0.25, -0.2) is 4.68 Å². The Hall–Kier alpha value is -0.983. The topological polar surface area (TPSA) is 44.1 Å². The van der Waals surface area contributed by atoms with Crippen molar-refractivity contribution < 1.29 is 4.74 Å². The van der Waals surface area contributed by atoms with E-state index in [4.69, 9.17) is 4.74 Å². The second-order valence-corrected chi connectivity index (χ2v) is 12.6. The molecular weight excluding hydrogens is 336 g/mol. The predicted molar refractivity (Wildman–Crippen MR) is 87.8 cm³/mol. The summed E-state index contributed by atoms with van der Waals surface area (Å²) in [6.45, 7) is 7.80. The molecule has 1 heterocycles. The summed E-state index contributed by atoms with van der Waals surface area (Å²) in [5.74, 6) is 0. The molecule has 0 radical (unpaired) electrons. The lowest BCUT2D eigenvalue weighted by molar-refractivity contribution is 0.0754. The molecular formula is C14H19BrN2O2Si. The SMILES string of the molecule is C[Si](C)(C)CCOCn1ncc2cc(Br)ccc2c1=O. The summed E-state index contributed by atoms with van der Waals surface area (Å²) in [6, 6.07) is 6.64. The third-order valence-corrected chi connectivity index (χ3v) is 5.22. The molecule has 1 aromatic carbocycles. The van der Waals surface area contributed by atoms with Crippen LogP contribution in [0.1, 0.15) is 0 Å². The zero-order chi connectivity index (χ0) is 14.8. The van der Waals surface area contributed by atoms with Crippen LogP contribution in [0.15, 0.2) is 33.7 Å². The fourth-order valence-corrected chi connectivity index (χ4v) is 2.92.